The van der Waals surface area contributed by atoms with Gasteiger partial charge in [0.05, 0.1) is 21.4 Å². The number of amides is 2. The molecule has 0 aromatic heterocycles. The molecule has 7 heteroatoms. The summed E-state index contributed by atoms with van der Waals surface area (Å²) in [6.45, 7) is 0. The van der Waals surface area contributed by atoms with E-state index in [-0.39, 0.29) is 11.8 Å². The number of para-hydroxylation sites is 1. The monoisotopic (exact) mass is 511 g/mol. The summed E-state index contributed by atoms with van der Waals surface area (Å²) in [5.74, 6) is -0.105. The van der Waals surface area contributed by atoms with Gasteiger partial charge in [-0.15, -0.1) is 0 Å². The Morgan fingerprint density at radius 1 is 0.778 bits per heavy atom. The molecule has 1 heterocycles. The zero-order valence-electron chi connectivity index (χ0n) is 18.9. The summed E-state index contributed by atoms with van der Waals surface area (Å²) in [5, 5.41) is 3.43. The number of benzene rings is 4. The molecule has 5 nitrogen and oxygen atoms in total. The van der Waals surface area contributed by atoms with Crippen molar-refractivity contribution in [3.63, 3.8) is 0 Å². The zero-order chi connectivity index (χ0) is 25.1. The van der Waals surface area contributed by atoms with Gasteiger partial charge in [0, 0.05) is 11.1 Å². The molecule has 0 saturated carbocycles. The number of nitrogens with zero attached hydrogens (tertiary/aromatic N) is 2. The summed E-state index contributed by atoms with van der Waals surface area (Å²) in [6.07, 6.45) is 1.76. The number of carbonyl (C=O) groups is 2. The van der Waals surface area contributed by atoms with Crippen LogP contribution in [0, 0.1) is 0 Å². The normalized spacial score (nSPS) is 14.2. The molecular formula is C29H19Cl2N3O2. The summed E-state index contributed by atoms with van der Waals surface area (Å²) in [7, 11) is 0. The molecule has 0 bridgehead atoms. The van der Waals surface area contributed by atoms with Gasteiger partial charge in [-0.3, -0.25) is 14.5 Å². The first-order valence-electron chi connectivity index (χ1n) is 11.1. The third-order valence-corrected chi connectivity index (χ3v) is 6.21. The molecule has 1 aliphatic rings. The molecule has 4 aromatic rings. The van der Waals surface area contributed by atoms with Crippen LogP contribution in [-0.4, -0.2) is 17.6 Å². The number of hydrogen-bond donors (Lipinski definition) is 1. The van der Waals surface area contributed by atoms with Crippen LogP contribution in [0.1, 0.15) is 21.5 Å². The summed E-state index contributed by atoms with van der Waals surface area (Å²) < 4.78 is 0. The summed E-state index contributed by atoms with van der Waals surface area (Å²) >= 11 is 12.3. The molecule has 0 unspecified atom stereocenters. The Hall–Kier alpha value is -4.19. The Bertz CT molecular complexity index is 1480. The fourth-order valence-corrected chi connectivity index (χ4v) is 4.30. The number of halogens is 2. The van der Waals surface area contributed by atoms with Crippen molar-refractivity contribution in [2.75, 3.05) is 10.2 Å². The van der Waals surface area contributed by atoms with Gasteiger partial charge in [0.2, 0.25) is 0 Å². The van der Waals surface area contributed by atoms with Gasteiger partial charge in [0.15, 0.2) is 0 Å². The third kappa shape index (κ3) is 4.80. The second-order valence-corrected chi connectivity index (χ2v) is 8.79. The lowest BCUT2D eigenvalue weighted by Crippen LogP contribution is -2.32. The van der Waals surface area contributed by atoms with Crippen molar-refractivity contribution < 1.29 is 9.59 Å². The second kappa shape index (κ2) is 10.2. The van der Waals surface area contributed by atoms with Crippen LogP contribution in [0.3, 0.4) is 0 Å². The van der Waals surface area contributed by atoms with Gasteiger partial charge >= 0.3 is 0 Å². The van der Waals surface area contributed by atoms with Gasteiger partial charge in [0.25, 0.3) is 11.8 Å². The van der Waals surface area contributed by atoms with Crippen molar-refractivity contribution in [2.24, 2.45) is 4.99 Å². The van der Waals surface area contributed by atoms with Gasteiger partial charge < -0.3 is 5.32 Å². The first kappa shape index (κ1) is 23.5. The molecule has 0 saturated heterocycles. The fraction of sp³-hybridized carbons (Fsp3) is 0. The lowest BCUT2D eigenvalue weighted by molar-refractivity contribution is -0.113. The largest absolute Gasteiger partial charge is 0.319 e. The number of carbonyl (C=O) groups excluding carboxylic acids is 2. The minimum Gasteiger partial charge on any atom is -0.319 e. The molecule has 0 aliphatic carbocycles. The van der Waals surface area contributed by atoms with Crippen LogP contribution in [0.4, 0.5) is 11.4 Å². The molecule has 1 N–H and O–H groups in total. The maximum atomic E-state index is 13.5. The van der Waals surface area contributed by atoms with Gasteiger partial charge in [-0.25, -0.2) is 4.99 Å². The van der Waals surface area contributed by atoms with Crippen LogP contribution < -0.4 is 10.2 Å². The molecule has 36 heavy (non-hydrogen) atoms. The zero-order valence-corrected chi connectivity index (χ0v) is 20.4. The molecule has 0 radical (unpaired) electrons. The second-order valence-electron chi connectivity index (χ2n) is 7.98. The van der Waals surface area contributed by atoms with Crippen molar-refractivity contribution in [1.29, 1.82) is 0 Å². The molecule has 0 fully saturated rings. The highest BCUT2D eigenvalue weighted by molar-refractivity contribution is 6.40. The standard InChI is InChI=1S/C29H19Cl2N3O2/c30-23-12-7-13-24(31)26(23)33-28(35)21-14-16-22(17-15-21)34-27(20-10-5-2-6-11-20)32-25(29(34)36)18-19-8-3-1-4-9-19/h1-18H,(H,33,35). The maximum Gasteiger partial charge on any atom is 0.282 e. The first-order valence-corrected chi connectivity index (χ1v) is 11.9. The van der Waals surface area contributed by atoms with Gasteiger partial charge in [-0.05, 0) is 48.0 Å². The van der Waals surface area contributed by atoms with E-state index >= 15 is 0 Å². The van der Waals surface area contributed by atoms with Crippen LogP contribution in [0.2, 0.25) is 10.0 Å². The minimum absolute atomic E-state index is 0.252. The van der Waals surface area contributed by atoms with E-state index in [1.807, 2.05) is 60.7 Å². The van der Waals surface area contributed by atoms with Gasteiger partial charge in [-0.2, -0.15) is 0 Å². The Balaban J connectivity index is 1.46. The highest BCUT2D eigenvalue weighted by Gasteiger charge is 2.32. The summed E-state index contributed by atoms with van der Waals surface area (Å²) in [6, 6.07) is 30.8. The van der Waals surface area contributed by atoms with E-state index in [0.717, 1.165) is 11.1 Å². The van der Waals surface area contributed by atoms with E-state index in [4.69, 9.17) is 23.2 Å². The van der Waals surface area contributed by atoms with Crippen molar-refractivity contribution in [3.05, 3.63) is 136 Å². The van der Waals surface area contributed by atoms with E-state index in [0.29, 0.717) is 38.5 Å². The van der Waals surface area contributed by atoms with Gasteiger partial charge in [0.1, 0.15) is 11.5 Å². The Morgan fingerprint density at radius 3 is 2.03 bits per heavy atom. The van der Waals surface area contributed by atoms with E-state index in [1.165, 1.54) is 0 Å². The summed E-state index contributed by atoms with van der Waals surface area (Å²) in [4.78, 5) is 32.5. The van der Waals surface area contributed by atoms with Gasteiger partial charge in [-0.1, -0.05) is 89.9 Å². The van der Waals surface area contributed by atoms with Crippen molar-refractivity contribution in [3.8, 4) is 0 Å². The number of nitrogens with one attached hydrogen (secondary N) is 1. The molecular weight excluding hydrogens is 493 g/mol. The Morgan fingerprint density at radius 2 is 1.39 bits per heavy atom. The quantitative estimate of drug-likeness (QED) is 0.291. The van der Waals surface area contributed by atoms with E-state index in [9.17, 15) is 9.59 Å². The molecule has 4 aromatic carbocycles. The van der Waals surface area contributed by atoms with Crippen molar-refractivity contribution in [2.45, 2.75) is 0 Å². The van der Waals surface area contributed by atoms with Crippen LogP contribution in [0.5, 0.6) is 0 Å². The Labute approximate surface area is 218 Å². The maximum absolute atomic E-state index is 13.5. The van der Waals surface area contributed by atoms with Crippen LogP contribution in [0.25, 0.3) is 6.08 Å². The van der Waals surface area contributed by atoms with Crippen LogP contribution >= 0.6 is 23.2 Å². The highest BCUT2D eigenvalue weighted by Crippen LogP contribution is 2.31. The molecule has 0 atom stereocenters. The highest BCUT2D eigenvalue weighted by atomic mass is 35.5. The summed E-state index contributed by atoms with van der Waals surface area (Å²) in [5.41, 5.74) is 3.33. The number of anilines is 2. The lowest BCUT2D eigenvalue weighted by Gasteiger charge is -2.19. The average molecular weight is 512 g/mol. The van der Waals surface area contributed by atoms with Crippen LogP contribution in [0.15, 0.2) is 114 Å². The van der Waals surface area contributed by atoms with E-state index in [2.05, 4.69) is 10.3 Å². The first-order chi connectivity index (χ1) is 17.5. The molecule has 1 aliphatic heterocycles. The predicted octanol–water partition coefficient (Wildman–Crippen LogP) is 7.08. The SMILES string of the molecule is O=C(Nc1c(Cl)cccc1Cl)c1ccc(N2C(=O)C(=Cc3ccccc3)N=C2c2ccccc2)cc1. The third-order valence-electron chi connectivity index (χ3n) is 5.58. The van der Waals surface area contributed by atoms with Crippen LogP contribution in [-0.2, 0) is 4.79 Å². The number of hydrogen-bond acceptors (Lipinski definition) is 3. The smallest absolute Gasteiger partial charge is 0.282 e. The number of aliphatic imine (C=N–C) groups is 1. The number of rotatable bonds is 5. The molecule has 0 spiro atoms. The fourth-order valence-electron chi connectivity index (χ4n) is 3.81. The van der Waals surface area contributed by atoms with E-state index < -0.39 is 0 Å². The van der Waals surface area contributed by atoms with Crippen molar-refractivity contribution in [1.82, 2.24) is 0 Å². The topological polar surface area (TPSA) is 61.8 Å². The van der Waals surface area contributed by atoms with Crippen molar-refractivity contribution >= 4 is 58.3 Å². The predicted molar refractivity (Wildman–Crippen MR) is 146 cm³/mol. The Kier molecular flexibility index (Phi) is 6.67. The molecule has 176 valence electrons. The van der Waals surface area contributed by atoms with E-state index in [1.54, 1.807) is 53.4 Å². The lowest BCUT2D eigenvalue weighted by atomic mass is 10.1. The molecule has 2 amide bonds. The number of amidine groups is 1. The molecule has 5 rings (SSSR count). The average Bonchev–Trinajstić information content (AvgIpc) is 3.23. The minimum atomic E-state index is -0.370.